The van der Waals surface area contributed by atoms with Crippen LogP contribution in [0.4, 0.5) is 5.69 Å². The molecule has 2 aromatic carbocycles. The van der Waals surface area contributed by atoms with Gasteiger partial charge in [-0.15, -0.1) is 0 Å². The molecule has 1 N–H and O–H groups in total. The van der Waals surface area contributed by atoms with Gasteiger partial charge in [0.25, 0.3) is 0 Å². The molecule has 4 heteroatoms. The van der Waals surface area contributed by atoms with Crippen LogP contribution in [0, 0.1) is 13.8 Å². The van der Waals surface area contributed by atoms with E-state index < -0.39 is 0 Å². The fourth-order valence-corrected chi connectivity index (χ4v) is 2.62. The van der Waals surface area contributed by atoms with Crippen molar-refractivity contribution in [1.29, 1.82) is 0 Å². The molecular formula is C18H16ClNO2. The van der Waals surface area contributed by atoms with Gasteiger partial charge in [-0.25, -0.2) is 4.79 Å². The number of benzene rings is 2. The molecule has 3 aromatic rings. The predicted octanol–water partition coefficient (Wildman–Crippen LogP) is 4.68. The summed E-state index contributed by atoms with van der Waals surface area (Å²) in [6, 6.07) is 13.0. The first-order valence-electron chi connectivity index (χ1n) is 7.06. The minimum atomic E-state index is -0.335. The summed E-state index contributed by atoms with van der Waals surface area (Å²) in [6.45, 7) is 4.59. The molecule has 0 fully saturated rings. The highest BCUT2D eigenvalue weighted by Crippen LogP contribution is 2.23. The third-order valence-electron chi connectivity index (χ3n) is 3.75. The third kappa shape index (κ3) is 3.00. The summed E-state index contributed by atoms with van der Waals surface area (Å²) in [5.74, 6) is 0. The second-order valence-electron chi connectivity index (χ2n) is 5.39. The van der Waals surface area contributed by atoms with E-state index >= 15 is 0 Å². The van der Waals surface area contributed by atoms with Crippen LogP contribution in [0.2, 0.25) is 5.02 Å². The lowest BCUT2D eigenvalue weighted by Gasteiger charge is -2.10. The van der Waals surface area contributed by atoms with Crippen LogP contribution in [0.3, 0.4) is 0 Å². The van der Waals surface area contributed by atoms with E-state index in [0.29, 0.717) is 17.2 Å². The van der Waals surface area contributed by atoms with Gasteiger partial charge in [0.1, 0.15) is 5.58 Å². The van der Waals surface area contributed by atoms with Crippen LogP contribution in [0.1, 0.15) is 16.7 Å². The Morgan fingerprint density at radius 1 is 1.09 bits per heavy atom. The van der Waals surface area contributed by atoms with Gasteiger partial charge in [0.05, 0.1) is 0 Å². The van der Waals surface area contributed by atoms with Gasteiger partial charge >= 0.3 is 5.63 Å². The largest absolute Gasteiger partial charge is 0.423 e. The smallest absolute Gasteiger partial charge is 0.336 e. The van der Waals surface area contributed by atoms with Crippen molar-refractivity contribution in [2.24, 2.45) is 0 Å². The van der Waals surface area contributed by atoms with Crippen LogP contribution >= 0.6 is 11.6 Å². The maximum atomic E-state index is 11.8. The molecule has 0 aliphatic rings. The van der Waals surface area contributed by atoms with Crippen LogP contribution < -0.4 is 10.9 Å². The fraction of sp³-hybridized carbons (Fsp3) is 0.167. The van der Waals surface area contributed by atoms with Crippen LogP contribution in [0.25, 0.3) is 11.0 Å². The van der Waals surface area contributed by atoms with Gasteiger partial charge in [0, 0.05) is 28.7 Å². The number of halogens is 1. The molecule has 3 nitrogen and oxygen atoms in total. The Labute approximate surface area is 133 Å². The van der Waals surface area contributed by atoms with Gasteiger partial charge in [-0.05, 0) is 60.9 Å². The highest BCUT2D eigenvalue weighted by molar-refractivity contribution is 6.30. The summed E-state index contributed by atoms with van der Waals surface area (Å²) in [4.78, 5) is 11.8. The molecule has 1 aromatic heterocycles. The molecule has 1 heterocycles. The molecule has 22 heavy (non-hydrogen) atoms. The lowest BCUT2D eigenvalue weighted by molar-refractivity contribution is 0.559. The number of fused-ring (bicyclic) bond motifs is 1. The average Bonchev–Trinajstić information content (AvgIpc) is 2.47. The van der Waals surface area contributed by atoms with Gasteiger partial charge in [0.2, 0.25) is 0 Å². The van der Waals surface area contributed by atoms with Gasteiger partial charge in [-0.2, -0.15) is 0 Å². The predicted molar refractivity (Wildman–Crippen MR) is 90.7 cm³/mol. The Morgan fingerprint density at radius 3 is 2.64 bits per heavy atom. The molecule has 0 radical (unpaired) electrons. The average molecular weight is 314 g/mol. The fourth-order valence-electron chi connectivity index (χ4n) is 2.42. The molecule has 112 valence electrons. The molecule has 0 bridgehead atoms. The first kappa shape index (κ1) is 14.7. The topological polar surface area (TPSA) is 42.2 Å². The zero-order chi connectivity index (χ0) is 15.7. The monoisotopic (exact) mass is 313 g/mol. The zero-order valence-electron chi connectivity index (χ0n) is 12.4. The normalized spacial score (nSPS) is 10.9. The first-order chi connectivity index (χ1) is 10.5. The van der Waals surface area contributed by atoms with Crippen LogP contribution in [0.15, 0.2) is 51.7 Å². The molecule has 0 saturated carbocycles. The van der Waals surface area contributed by atoms with Crippen molar-refractivity contribution in [3.05, 3.63) is 74.6 Å². The molecule has 3 rings (SSSR count). The van der Waals surface area contributed by atoms with E-state index in [9.17, 15) is 4.79 Å². The van der Waals surface area contributed by atoms with Gasteiger partial charge in [-0.1, -0.05) is 17.7 Å². The lowest BCUT2D eigenvalue weighted by Crippen LogP contribution is -2.06. The number of anilines is 1. The van der Waals surface area contributed by atoms with E-state index in [4.69, 9.17) is 16.0 Å². The second kappa shape index (κ2) is 5.85. The summed E-state index contributed by atoms with van der Waals surface area (Å²) in [5, 5.41) is 4.92. The van der Waals surface area contributed by atoms with Crippen LogP contribution in [-0.2, 0) is 6.54 Å². The summed E-state index contributed by atoms with van der Waals surface area (Å²) >= 11 is 5.98. The summed E-state index contributed by atoms with van der Waals surface area (Å²) in [7, 11) is 0. The van der Waals surface area contributed by atoms with Gasteiger partial charge in [0.15, 0.2) is 0 Å². The standard InChI is InChI=1S/C18H16ClNO2/c1-11-6-16-13(8-18(21)22-17(16)7-12(11)2)10-20-15-5-3-4-14(19)9-15/h3-9,20H,10H2,1-2H3. The SMILES string of the molecule is Cc1cc2oc(=O)cc(CNc3cccc(Cl)c3)c2cc1C. The summed E-state index contributed by atoms with van der Waals surface area (Å²) < 4.78 is 5.30. The minimum Gasteiger partial charge on any atom is -0.423 e. The van der Waals surface area contributed by atoms with Crippen LogP contribution in [0.5, 0.6) is 0 Å². The number of nitrogens with one attached hydrogen (secondary N) is 1. The van der Waals surface area contributed by atoms with Crippen molar-refractivity contribution in [2.75, 3.05) is 5.32 Å². The van der Waals surface area contributed by atoms with E-state index in [0.717, 1.165) is 22.2 Å². The summed E-state index contributed by atoms with van der Waals surface area (Å²) in [5.41, 5.74) is 4.39. The number of hydrogen-bond donors (Lipinski definition) is 1. The van der Waals surface area contributed by atoms with Crippen molar-refractivity contribution in [1.82, 2.24) is 0 Å². The van der Waals surface area contributed by atoms with Crippen molar-refractivity contribution in [3.8, 4) is 0 Å². The quantitative estimate of drug-likeness (QED) is 0.714. The molecular weight excluding hydrogens is 298 g/mol. The molecule has 0 atom stereocenters. The molecule has 0 aliphatic carbocycles. The van der Waals surface area contributed by atoms with E-state index in [1.807, 2.05) is 44.2 Å². The van der Waals surface area contributed by atoms with Crippen LogP contribution in [-0.4, -0.2) is 0 Å². The van der Waals surface area contributed by atoms with Gasteiger partial charge < -0.3 is 9.73 Å². The Bertz CT molecular complexity index is 899. The Kier molecular flexibility index (Phi) is 3.90. The lowest BCUT2D eigenvalue weighted by atomic mass is 10.0. The Hall–Kier alpha value is -2.26. The third-order valence-corrected chi connectivity index (χ3v) is 3.99. The molecule has 0 amide bonds. The maximum Gasteiger partial charge on any atom is 0.336 e. The van der Waals surface area contributed by atoms with E-state index in [2.05, 4.69) is 11.4 Å². The molecule has 0 saturated heterocycles. The van der Waals surface area contributed by atoms with E-state index in [1.165, 1.54) is 11.6 Å². The van der Waals surface area contributed by atoms with Crippen molar-refractivity contribution in [3.63, 3.8) is 0 Å². The highest BCUT2D eigenvalue weighted by atomic mass is 35.5. The van der Waals surface area contributed by atoms with E-state index in [-0.39, 0.29) is 5.63 Å². The van der Waals surface area contributed by atoms with Crippen molar-refractivity contribution >= 4 is 28.3 Å². The molecule has 0 spiro atoms. The molecule has 0 aliphatic heterocycles. The van der Waals surface area contributed by atoms with Gasteiger partial charge in [-0.3, -0.25) is 0 Å². The van der Waals surface area contributed by atoms with Crippen molar-refractivity contribution < 1.29 is 4.42 Å². The summed E-state index contributed by atoms with van der Waals surface area (Å²) in [6.07, 6.45) is 0. The number of hydrogen-bond acceptors (Lipinski definition) is 3. The highest BCUT2D eigenvalue weighted by Gasteiger charge is 2.08. The van der Waals surface area contributed by atoms with Crippen molar-refractivity contribution in [2.45, 2.75) is 20.4 Å². The van der Waals surface area contributed by atoms with E-state index in [1.54, 1.807) is 0 Å². The zero-order valence-corrected chi connectivity index (χ0v) is 13.2. The number of rotatable bonds is 3. The molecule has 0 unspecified atom stereocenters. The maximum absolute atomic E-state index is 11.8. The second-order valence-corrected chi connectivity index (χ2v) is 5.82. The Morgan fingerprint density at radius 2 is 1.86 bits per heavy atom. The Balaban J connectivity index is 1.99. The minimum absolute atomic E-state index is 0.335. The first-order valence-corrected chi connectivity index (χ1v) is 7.44. The number of aryl methyl sites for hydroxylation is 2.